The summed E-state index contributed by atoms with van der Waals surface area (Å²) in [5, 5.41) is 3.21. The van der Waals surface area contributed by atoms with E-state index >= 15 is 0 Å². The smallest absolute Gasteiger partial charge is 0.248 e. The van der Waals surface area contributed by atoms with E-state index in [1.165, 1.54) is 11.3 Å². The molecule has 3 aromatic rings. The van der Waals surface area contributed by atoms with E-state index in [-0.39, 0.29) is 4.90 Å². The van der Waals surface area contributed by atoms with Crippen LogP contribution in [-0.2, 0) is 21.7 Å². The highest BCUT2D eigenvalue weighted by Crippen LogP contribution is 2.42. The minimum atomic E-state index is -3.86. The summed E-state index contributed by atoms with van der Waals surface area (Å²) in [6, 6.07) is 5.08. The van der Waals surface area contributed by atoms with Crippen molar-refractivity contribution in [1.29, 1.82) is 0 Å². The number of carbonyl (C=O) groups is 1. The Bertz CT molecular complexity index is 1250. The van der Waals surface area contributed by atoms with Crippen molar-refractivity contribution in [3.05, 3.63) is 47.4 Å². The number of sulfone groups is 1. The summed E-state index contributed by atoms with van der Waals surface area (Å²) in [7, 11) is -1.97. The van der Waals surface area contributed by atoms with Crippen LogP contribution in [-0.4, -0.2) is 33.6 Å². The topological polar surface area (TPSA) is 93.9 Å². The summed E-state index contributed by atoms with van der Waals surface area (Å²) < 4.78 is 27.7. The number of amides is 1. The highest BCUT2D eigenvalue weighted by molar-refractivity contribution is 7.93. The Balaban J connectivity index is 1.68. The summed E-state index contributed by atoms with van der Waals surface area (Å²) in [5.74, 6) is 0.261. The first-order valence-electron chi connectivity index (χ1n) is 10.2. The first-order valence-corrected chi connectivity index (χ1v) is 12.5. The lowest BCUT2D eigenvalue weighted by atomic mass is 10.1. The molecule has 0 bridgehead atoms. The number of nitrogens with one attached hydrogen (secondary N) is 1. The number of aryl methyl sites for hydroxylation is 4. The first kappa shape index (κ1) is 21.7. The van der Waals surface area contributed by atoms with Crippen molar-refractivity contribution in [2.24, 2.45) is 7.05 Å². The van der Waals surface area contributed by atoms with Gasteiger partial charge in [0.2, 0.25) is 5.91 Å². The second kappa shape index (κ2) is 7.87. The second-order valence-electron chi connectivity index (χ2n) is 8.20. The fourth-order valence-corrected chi connectivity index (χ4v) is 7.28. The van der Waals surface area contributed by atoms with E-state index in [4.69, 9.17) is 0 Å². The van der Waals surface area contributed by atoms with Crippen molar-refractivity contribution in [3.63, 3.8) is 0 Å². The van der Waals surface area contributed by atoms with Gasteiger partial charge in [-0.1, -0.05) is 30.2 Å². The fraction of sp³-hybridized carbons (Fsp3) is 0.409. The van der Waals surface area contributed by atoms with Gasteiger partial charge in [0.15, 0.2) is 25.5 Å². The van der Waals surface area contributed by atoms with E-state index in [1.807, 2.05) is 38.6 Å². The van der Waals surface area contributed by atoms with Crippen LogP contribution in [0.2, 0.25) is 0 Å². The Kier molecular flexibility index (Phi) is 5.51. The van der Waals surface area contributed by atoms with Crippen molar-refractivity contribution in [2.75, 3.05) is 5.32 Å². The third-order valence-corrected chi connectivity index (χ3v) is 9.74. The molecule has 31 heavy (non-hydrogen) atoms. The average molecular weight is 459 g/mol. The molecule has 7 nitrogen and oxygen atoms in total. The van der Waals surface area contributed by atoms with Crippen LogP contribution in [0.3, 0.4) is 0 Å². The van der Waals surface area contributed by atoms with Crippen LogP contribution in [0.5, 0.6) is 0 Å². The van der Waals surface area contributed by atoms with Gasteiger partial charge in [0, 0.05) is 19.4 Å². The zero-order valence-corrected chi connectivity index (χ0v) is 19.7. The lowest BCUT2D eigenvalue weighted by Crippen LogP contribution is -2.47. The van der Waals surface area contributed by atoms with Crippen LogP contribution in [0.1, 0.15) is 42.5 Å². The van der Waals surface area contributed by atoms with Gasteiger partial charge < -0.3 is 9.88 Å². The maximum Gasteiger partial charge on any atom is 0.248 e. The molecule has 1 aromatic carbocycles. The molecule has 9 heteroatoms. The number of nitrogens with zero attached hydrogens (tertiary/aromatic N) is 3. The summed E-state index contributed by atoms with van der Waals surface area (Å²) in [4.78, 5) is 23.3. The molecule has 1 fully saturated rings. The number of hydrogen-bond donors (Lipinski definition) is 1. The van der Waals surface area contributed by atoms with Crippen LogP contribution >= 0.6 is 11.3 Å². The van der Waals surface area contributed by atoms with E-state index in [9.17, 15) is 13.2 Å². The van der Waals surface area contributed by atoms with Gasteiger partial charge in [0.25, 0.3) is 0 Å². The lowest BCUT2D eigenvalue weighted by molar-refractivity contribution is -0.118. The second-order valence-corrected chi connectivity index (χ2v) is 11.5. The molecule has 0 unspecified atom stereocenters. The quantitative estimate of drug-likeness (QED) is 0.619. The highest BCUT2D eigenvalue weighted by Gasteiger charge is 2.53. The van der Waals surface area contributed by atoms with Gasteiger partial charge in [-0.05, 0) is 56.9 Å². The SMILES string of the molecule is Cc1ccc(S(=O)(=O)C2(C(=O)Nc3nc(C)c(-c4nccn4C)s3)CCCC2)cc1C. The van der Waals surface area contributed by atoms with E-state index < -0.39 is 20.5 Å². The molecular weight excluding hydrogens is 432 g/mol. The number of thiazole rings is 1. The fourth-order valence-electron chi connectivity index (χ4n) is 4.12. The summed E-state index contributed by atoms with van der Waals surface area (Å²) in [6.45, 7) is 5.67. The minimum absolute atomic E-state index is 0.205. The van der Waals surface area contributed by atoms with Crippen LogP contribution in [0.25, 0.3) is 10.7 Å². The minimum Gasteiger partial charge on any atom is -0.333 e. The Morgan fingerprint density at radius 1 is 1.16 bits per heavy atom. The van der Waals surface area contributed by atoms with E-state index in [2.05, 4.69) is 15.3 Å². The Labute approximate surface area is 186 Å². The molecule has 164 valence electrons. The number of rotatable bonds is 5. The maximum atomic E-state index is 13.7. The molecule has 1 N–H and O–H groups in total. The number of aromatic nitrogens is 3. The number of carbonyl (C=O) groups excluding carboxylic acids is 1. The monoisotopic (exact) mass is 458 g/mol. The van der Waals surface area contributed by atoms with Crippen molar-refractivity contribution in [2.45, 2.75) is 56.1 Å². The first-order chi connectivity index (χ1) is 14.7. The molecule has 0 radical (unpaired) electrons. The highest BCUT2D eigenvalue weighted by atomic mass is 32.2. The van der Waals surface area contributed by atoms with Crippen molar-refractivity contribution >= 4 is 32.2 Å². The van der Waals surface area contributed by atoms with Crippen LogP contribution in [0, 0.1) is 20.8 Å². The molecule has 2 heterocycles. The molecule has 0 aliphatic heterocycles. The lowest BCUT2D eigenvalue weighted by Gasteiger charge is -2.27. The maximum absolute atomic E-state index is 13.7. The van der Waals surface area contributed by atoms with Gasteiger partial charge >= 0.3 is 0 Å². The number of benzene rings is 1. The van der Waals surface area contributed by atoms with Crippen molar-refractivity contribution < 1.29 is 13.2 Å². The predicted molar refractivity (Wildman–Crippen MR) is 122 cm³/mol. The summed E-state index contributed by atoms with van der Waals surface area (Å²) >= 11 is 1.31. The third-order valence-electron chi connectivity index (χ3n) is 6.17. The third kappa shape index (κ3) is 3.59. The molecule has 1 saturated carbocycles. The molecule has 1 amide bonds. The van der Waals surface area contributed by atoms with Crippen LogP contribution < -0.4 is 5.32 Å². The van der Waals surface area contributed by atoms with Gasteiger partial charge in [-0.2, -0.15) is 0 Å². The molecular formula is C22H26N4O3S2. The van der Waals surface area contributed by atoms with Gasteiger partial charge in [-0.25, -0.2) is 18.4 Å². The Morgan fingerprint density at radius 2 is 1.87 bits per heavy atom. The van der Waals surface area contributed by atoms with Crippen molar-refractivity contribution in [1.82, 2.24) is 14.5 Å². The summed E-state index contributed by atoms with van der Waals surface area (Å²) in [6.07, 6.45) is 5.57. The van der Waals surface area contributed by atoms with Crippen LogP contribution in [0.4, 0.5) is 5.13 Å². The molecule has 4 rings (SSSR count). The number of hydrogen-bond acceptors (Lipinski definition) is 6. The molecule has 0 atom stereocenters. The van der Waals surface area contributed by atoms with E-state index in [1.54, 1.807) is 24.4 Å². The number of imidazole rings is 1. The van der Waals surface area contributed by atoms with Gasteiger partial charge in [-0.15, -0.1) is 0 Å². The normalized spacial score (nSPS) is 15.9. The van der Waals surface area contributed by atoms with E-state index in [0.717, 1.165) is 27.5 Å². The van der Waals surface area contributed by atoms with Crippen molar-refractivity contribution in [3.8, 4) is 10.7 Å². The predicted octanol–water partition coefficient (Wildman–Crippen LogP) is 4.19. The molecule has 2 aromatic heterocycles. The van der Waals surface area contributed by atoms with Crippen LogP contribution in [0.15, 0.2) is 35.5 Å². The molecule has 0 spiro atoms. The molecule has 1 aliphatic rings. The zero-order chi connectivity index (χ0) is 22.4. The van der Waals surface area contributed by atoms with Gasteiger partial charge in [0.1, 0.15) is 0 Å². The molecule has 0 saturated heterocycles. The largest absolute Gasteiger partial charge is 0.333 e. The Hall–Kier alpha value is -2.52. The van der Waals surface area contributed by atoms with E-state index in [0.29, 0.717) is 30.8 Å². The average Bonchev–Trinajstić information content (AvgIpc) is 3.44. The standard InChI is InChI=1S/C22H26N4O3S2/c1-14-7-8-17(13-15(14)2)31(28,29)22(9-5-6-10-22)20(27)25-21-24-16(3)18(30-21)19-23-11-12-26(19)4/h7-8,11-13H,5-6,9-10H2,1-4H3,(H,24,25,27). The summed E-state index contributed by atoms with van der Waals surface area (Å²) in [5.41, 5.74) is 2.65. The van der Waals surface area contributed by atoms with Gasteiger partial charge in [0.05, 0.1) is 15.5 Å². The number of anilines is 1. The Morgan fingerprint density at radius 3 is 2.48 bits per heavy atom. The molecule has 1 aliphatic carbocycles. The zero-order valence-electron chi connectivity index (χ0n) is 18.1. The van der Waals surface area contributed by atoms with Gasteiger partial charge in [-0.3, -0.25) is 4.79 Å².